The number of nitroso groups, excluding NO2 is 1. The molecule has 140 valence electrons. The zero-order valence-electron chi connectivity index (χ0n) is 14.9. The molecule has 0 radical (unpaired) electrons. The molecule has 0 saturated heterocycles. The Bertz CT molecular complexity index is 1110. The Morgan fingerprint density at radius 1 is 1.04 bits per heavy atom. The second kappa shape index (κ2) is 7.70. The maximum absolute atomic E-state index is 10.6. The third-order valence-corrected chi connectivity index (χ3v) is 4.17. The first kappa shape index (κ1) is 17.4. The zero-order valence-corrected chi connectivity index (χ0v) is 14.9. The molecule has 4 aromatic rings. The molecule has 1 aromatic carbocycles. The monoisotopic (exact) mass is 374 g/mol. The molecule has 0 aliphatic heterocycles. The zero-order chi connectivity index (χ0) is 19.3. The molecule has 0 aliphatic carbocycles. The number of aromatic nitrogens is 4. The summed E-state index contributed by atoms with van der Waals surface area (Å²) in [5.41, 5.74) is 8.49. The van der Waals surface area contributed by atoms with Crippen LogP contribution in [0.2, 0.25) is 0 Å². The van der Waals surface area contributed by atoms with E-state index in [0.717, 1.165) is 16.9 Å². The van der Waals surface area contributed by atoms with Gasteiger partial charge in [-0.3, -0.25) is 4.40 Å². The lowest BCUT2D eigenvalue weighted by Gasteiger charge is -2.11. The van der Waals surface area contributed by atoms with Crippen molar-refractivity contribution in [1.82, 2.24) is 19.4 Å². The van der Waals surface area contributed by atoms with Crippen molar-refractivity contribution in [1.29, 1.82) is 0 Å². The summed E-state index contributed by atoms with van der Waals surface area (Å²) in [6.07, 6.45) is 3.60. The average Bonchev–Trinajstić information content (AvgIpc) is 3.21. The van der Waals surface area contributed by atoms with Crippen molar-refractivity contribution in [3.63, 3.8) is 0 Å². The van der Waals surface area contributed by atoms with E-state index in [1.807, 2.05) is 47.0 Å². The van der Waals surface area contributed by atoms with Gasteiger partial charge in [0, 0.05) is 37.1 Å². The van der Waals surface area contributed by atoms with Gasteiger partial charge >= 0.3 is 0 Å². The Labute approximate surface area is 160 Å². The van der Waals surface area contributed by atoms with Gasteiger partial charge in [0.05, 0.1) is 5.69 Å². The van der Waals surface area contributed by atoms with Crippen LogP contribution < -0.4 is 16.4 Å². The molecule has 0 fully saturated rings. The van der Waals surface area contributed by atoms with Gasteiger partial charge in [-0.25, -0.2) is 15.0 Å². The summed E-state index contributed by atoms with van der Waals surface area (Å²) in [4.78, 5) is 23.8. The third kappa shape index (κ3) is 3.58. The Morgan fingerprint density at radius 2 is 1.86 bits per heavy atom. The number of benzene rings is 1. The molecule has 28 heavy (non-hydrogen) atoms. The van der Waals surface area contributed by atoms with Crippen LogP contribution in [-0.4, -0.2) is 32.4 Å². The summed E-state index contributed by atoms with van der Waals surface area (Å²) in [6, 6.07) is 15.1. The van der Waals surface area contributed by atoms with Gasteiger partial charge in [-0.1, -0.05) is 30.3 Å². The third-order valence-electron chi connectivity index (χ3n) is 4.17. The fraction of sp³-hybridized carbons (Fsp3) is 0.105. The van der Waals surface area contributed by atoms with Gasteiger partial charge in [0.1, 0.15) is 17.2 Å². The van der Waals surface area contributed by atoms with Gasteiger partial charge in [0.15, 0.2) is 5.82 Å². The van der Waals surface area contributed by atoms with E-state index >= 15 is 0 Å². The van der Waals surface area contributed by atoms with E-state index < -0.39 is 0 Å². The molecular weight excluding hydrogens is 356 g/mol. The molecule has 0 spiro atoms. The first-order valence-electron chi connectivity index (χ1n) is 8.72. The molecule has 3 aromatic heterocycles. The number of nitrogen functional groups attached to an aromatic ring is 1. The summed E-state index contributed by atoms with van der Waals surface area (Å²) in [5, 5.41) is 9.27. The van der Waals surface area contributed by atoms with Gasteiger partial charge in [0.2, 0.25) is 5.95 Å². The van der Waals surface area contributed by atoms with Crippen LogP contribution in [0.4, 0.5) is 23.3 Å². The van der Waals surface area contributed by atoms with Crippen LogP contribution in [0.25, 0.3) is 16.9 Å². The topological polar surface area (TPSA) is 123 Å². The van der Waals surface area contributed by atoms with Crippen LogP contribution in [0, 0.1) is 4.91 Å². The first-order chi connectivity index (χ1) is 13.7. The normalized spacial score (nSPS) is 10.7. The fourth-order valence-corrected chi connectivity index (χ4v) is 2.81. The maximum atomic E-state index is 10.6. The molecule has 9 nitrogen and oxygen atoms in total. The van der Waals surface area contributed by atoms with Gasteiger partial charge in [0.25, 0.3) is 0 Å². The summed E-state index contributed by atoms with van der Waals surface area (Å²) in [6.45, 7) is 1.17. The van der Waals surface area contributed by atoms with Gasteiger partial charge < -0.3 is 16.4 Å². The molecule has 4 rings (SSSR count). The summed E-state index contributed by atoms with van der Waals surface area (Å²) in [7, 11) is 0. The minimum absolute atomic E-state index is 0.102. The Balaban J connectivity index is 1.46. The average molecular weight is 374 g/mol. The van der Waals surface area contributed by atoms with Crippen LogP contribution >= 0.6 is 0 Å². The number of nitrogens with two attached hydrogens (primary N) is 1. The SMILES string of the molecule is Nc1nc(NCCNc2nc(-c3ccccc3)cc3nccn23)ccc1N=O. The van der Waals surface area contributed by atoms with Gasteiger partial charge in [-0.15, -0.1) is 4.91 Å². The van der Waals surface area contributed by atoms with Crippen molar-refractivity contribution in [2.45, 2.75) is 0 Å². The summed E-state index contributed by atoms with van der Waals surface area (Å²) < 4.78 is 1.90. The summed E-state index contributed by atoms with van der Waals surface area (Å²) >= 11 is 0. The van der Waals surface area contributed by atoms with Crippen LogP contribution in [0.1, 0.15) is 0 Å². The van der Waals surface area contributed by atoms with Crippen molar-refractivity contribution in [2.24, 2.45) is 5.18 Å². The molecule has 4 N–H and O–H groups in total. The Morgan fingerprint density at radius 3 is 2.64 bits per heavy atom. The number of hydrogen-bond acceptors (Lipinski definition) is 8. The number of fused-ring (bicyclic) bond motifs is 1. The molecule has 0 aliphatic rings. The highest BCUT2D eigenvalue weighted by Gasteiger charge is 2.08. The molecule has 0 unspecified atom stereocenters. The van der Waals surface area contributed by atoms with Gasteiger partial charge in [-0.05, 0) is 17.3 Å². The smallest absolute Gasteiger partial charge is 0.209 e. The van der Waals surface area contributed by atoms with E-state index in [1.165, 1.54) is 6.07 Å². The quantitative estimate of drug-likeness (QED) is 0.335. The molecule has 3 heterocycles. The fourth-order valence-electron chi connectivity index (χ4n) is 2.81. The molecule has 0 amide bonds. The van der Waals surface area contributed by atoms with Crippen molar-refractivity contribution >= 4 is 28.9 Å². The van der Waals surface area contributed by atoms with Crippen molar-refractivity contribution in [2.75, 3.05) is 29.5 Å². The second-order valence-corrected chi connectivity index (χ2v) is 6.03. The van der Waals surface area contributed by atoms with Crippen molar-refractivity contribution in [3.05, 3.63) is 65.8 Å². The predicted octanol–water partition coefficient (Wildman–Crippen LogP) is 3.30. The number of nitrogens with one attached hydrogen (secondary N) is 2. The largest absolute Gasteiger partial charge is 0.382 e. The highest BCUT2D eigenvalue weighted by atomic mass is 16.3. The molecule has 0 bridgehead atoms. The Kier molecular flexibility index (Phi) is 4.79. The molecule has 9 heteroatoms. The van der Waals surface area contributed by atoms with E-state index in [0.29, 0.717) is 24.9 Å². The van der Waals surface area contributed by atoms with Crippen LogP contribution in [0.3, 0.4) is 0 Å². The molecular formula is C19H18N8O. The lowest BCUT2D eigenvalue weighted by molar-refractivity contribution is 0.995. The minimum Gasteiger partial charge on any atom is -0.382 e. The van der Waals surface area contributed by atoms with E-state index in [-0.39, 0.29) is 11.5 Å². The molecule has 0 saturated carbocycles. The Hall–Kier alpha value is -4.01. The number of pyridine rings is 1. The van der Waals surface area contributed by atoms with Crippen molar-refractivity contribution in [3.8, 4) is 11.3 Å². The number of hydrogen-bond donors (Lipinski definition) is 3. The van der Waals surface area contributed by atoms with Crippen LogP contribution in [-0.2, 0) is 0 Å². The number of rotatable bonds is 7. The van der Waals surface area contributed by atoms with Crippen LogP contribution in [0.5, 0.6) is 0 Å². The minimum atomic E-state index is 0.102. The maximum Gasteiger partial charge on any atom is 0.209 e. The standard InChI is InChI=1S/C19H18N8O/c20-18-14(26-28)6-7-16(25-18)21-8-9-23-19-24-15(13-4-2-1-3-5-13)12-17-22-10-11-27(17)19/h1-7,10-12H,8-9H2,(H,23,24)(H3,20,21,25). The summed E-state index contributed by atoms with van der Waals surface area (Å²) in [5.74, 6) is 1.37. The van der Waals surface area contributed by atoms with Gasteiger partial charge in [-0.2, -0.15) is 0 Å². The lowest BCUT2D eigenvalue weighted by Crippen LogP contribution is -2.17. The van der Waals surface area contributed by atoms with E-state index in [2.05, 4.69) is 25.8 Å². The van der Waals surface area contributed by atoms with Crippen LogP contribution in [0.15, 0.2) is 66.1 Å². The van der Waals surface area contributed by atoms with E-state index in [1.54, 1.807) is 12.3 Å². The van der Waals surface area contributed by atoms with Crippen molar-refractivity contribution < 1.29 is 0 Å². The first-order valence-corrected chi connectivity index (χ1v) is 8.72. The molecule has 0 atom stereocenters. The second-order valence-electron chi connectivity index (χ2n) is 6.03. The van der Waals surface area contributed by atoms with E-state index in [9.17, 15) is 4.91 Å². The number of nitrogens with zero attached hydrogens (tertiary/aromatic N) is 5. The predicted molar refractivity (Wildman–Crippen MR) is 110 cm³/mol. The highest BCUT2D eigenvalue weighted by molar-refractivity contribution is 5.66. The number of imidazole rings is 1. The highest BCUT2D eigenvalue weighted by Crippen LogP contribution is 2.22. The number of anilines is 3. The van der Waals surface area contributed by atoms with E-state index in [4.69, 9.17) is 10.7 Å². The lowest BCUT2D eigenvalue weighted by atomic mass is 10.1.